The Kier molecular flexibility index (Phi) is 7.72. The molecule has 0 atom stereocenters. The van der Waals surface area contributed by atoms with Gasteiger partial charge in [-0.25, -0.2) is 9.18 Å². The molecule has 1 aliphatic heterocycles. The van der Waals surface area contributed by atoms with Gasteiger partial charge in [-0.2, -0.15) is 0 Å². The van der Waals surface area contributed by atoms with Crippen LogP contribution in [0.25, 0.3) is 5.57 Å². The number of hydrogen-bond donors (Lipinski definition) is 4. The normalized spacial score (nSPS) is 14.1. The molecule has 1 aromatic heterocycles. The van der Waals surface area contributed by atoms with Crippen molar-refractivity contribution in [1.82, 2.24) is 15.1 Å². The molecule has 174 valence electrons. The SMILES string of the molecule is C=C(NC=C(C(=N)N1CCN(C(C)=O)CC1)c1ccc(C(=O)O)s1)Nc1ccc(F)c(Cl)c1. The lowest BCUT2D eigenvalue weighted by molar-refractivity contribution is -0.130. The molecule has 8 nitrogen and oxygen atoms in total. The van der Waals surface area contributed by atoms with Crippen LogP contribution in [0.2, 0.25) is 5.02 Å². The molecule has 1 fully saturated rings. The van der Waals surface area contributed by atoms with Crippen molar-refractivity contribution in [3.63, 3.8) is 0 Å². The minimum absolute atomic E-state index is 0.00811. The zero-order valence-electron chi connectivity index (χ0n) is 17.8. The van der Waals surface area contributed by atoms with Crippen LogP contribution in [-0.4, -0.2) is 58.8 Å². The molecule has 0 bridgehead atoms. The van der Waals surface area contributed by atoms with Crippen molar-refractivity contribution < 1.29 is 19.1 Å². The fourth-order valence-corrected chi connectivity index (χ4v) is 4.26. The number of carbonyl (C=O) groups excluding carboxylic acids is 1. The predicted molar refractivity (Wildman–Crippen MR) is 128 cm³/mol. The summed E-state index contributed by atoms with van der Waals surface area (Å²) in [5.41, 5.74) is 0.998. The van der Waals surface area contributed by atoms with Gasteiger partial charge >= 0.3 is 5.97 Å². The molecule has 2 heterocycles. The van der Waals surface area contributed by atoms with Crippen LogP contribution in [0, 0.1) is 11.2 Å². The van der Waals surface area contributed by atoms with Gasteiger partial charge in [0.15, 0.2) is 0 Å². The molecule has 1 aliphatic rings. The number of carboxylic acid groups (broad SMARTS) is 1. The van der Waals surface area contributed by atoms with Crippen molar-refractivity contribution in [2.45, 2.75) is 6.92 Å². The van der Waals surface area contributed by atoms with Gasteiger partial charge in [-0.3, -0.25) is 10.2 Å². The number of carboxylic acids is 1. The van der Waals surface area contributed by atoms with Crippen molar-refractivity contribution >= 4 is 51.9 Å². The Labute approximate surface area is 199 Å². The topological polar surface area (TPSA) is 109 Å². The zero-order valence-corrected chi connectivity index (χ0v) is 19.4. The van der Waals surface area contributed by atoms with E-state index in [1.807, 2.05) is 4.90 Å². The molecule has 0 saturated carbocycles. The van der Waals surface area contributed by atoms with E-state index in [0.29, 0.717) is 48.1 Å². The summed E-state index contributed by atoms with van der Waals surface area (Å²) >= 11 is 6.87. The first-order valence-corrected chi connectivity index (χ1v) is 11.2. The summed E-state index contributed by atoms with van der Waals surface area (Å²) in [6.45, 7) is 7.37. The highest BCUT2D eigenvalue weighted by Gasteiger charge is 2.24. The first-order valence-electron chi connectivity index (χ1n) is 9.96. The maximum absolute atomic E-state index is 13.4. The third kappa shape index (κ3) is 6.11. The molecular formula is C22H23ClFN5O3S. The van der Waals surface area contributed by atoms with E-state index in [2.05, 4.69) is 17.2 Å². The van der Waals surface area contributed by atoms with E-state index in [1.54, 1.807) is 17.2 Å². The minimum atomic E-state index is -1.04. The maximum Gasteiger partial charge on any atom is 0.345 e. The number of amides is 1. The number of piperazine rings is 1. The Bertz CT molecular complexity index is 1120. The fraction of sp³-hybridized carbons (Fsp3) is 0.227. The third-order valence-electron chi connectivity index (χ3n) is 4.98. The third-order valence-corrected chi connectivity index (χ3v) is 6.38. The number of thiophene rings is 1. The predicted octanol–water partition coefficient (Wildman–Crippen LogP) is 3.89. The van der Waals surface area contributed by atoms with Crippen molar-refractivity contribution in [3.05, 3.63) is 69.5 Å². The molecule has 2 aromatic rings. The molecule has 4 N–H and O–H groups in total. The van der Waals surface area contributed by atoms with Crippen LogP contribution in [-0.2, 0) is 4.79 Å². The van der Waals surface area contributed by atoms with Crippen LogP contribution < -0.4 is 10.6 Å². The summed E-state index contributed by atoms with van der Waals surface area (Å²) in [6, 6.07) is 7.30. The lowest BCUT2D eigenvalue weighted by Gasteiger charge is -2.36. The number of benzene rings is 1. The Balaban J connectivity index is 1.78. The van der Waals surface area contributed by atoms with Gasteiger partial charge in [-0.1, -0.05) is 18.2 Å². The van der Waals surface area contributed by atoms with Gasteiger partial charge in [0.05, 0.1) is 10.8 Å². The molecule has 33 heavy (non-hydrogen) atoms. The van der Waals surface area contributed by atoms with Crippen molar-refractivity contribution in [3.8, 4) is 0 Å². The van der Waals surface area contributed by atoms with Gasteiger partial charge in [0, 0.05) is 55.4 Å². The Morgan fingerprint density at radius 2 is 1.82 bits per heavy atom. The van der Waals surface area contributed by atoms with Crippen LogP contribution in [0.15, 0.2) is 48.9 Å². The van der Waals surface area contributed by atoms with Crippen LogP contribution >= 0.6 is 22.9 Å². The molecular weight excluding hydrogens is 469 g/mol. The van der Waals surface area contributed by atoms with Gasteiger partial charge < -0.3 is 25.5 Å². The molecule has 3 rings (SSSR count). The number of nitrogens with one attached hydrogen (secondary N) is 3. The van der Waals surface area contributed by atoms with E-state index < -0.39 is 11.8 Å². The highest BCUT2D eigenvalue weighted by atomic mass is 35.5. The Morgan fingerprint density at radius 3 is 2.39 bits per heavy atom. The number of halogens is 2. The largest absolute Gasteiger partial charge is 0.477 e. The second kappa shape index (κ2) is 10.5. The number of nitrogens with zero attached hydrogens (tertiary/aromatic N) is 2. The van der Waals surface area contributed by atoms with Crippen LogP contribution in [0.1, 0.15) is 21.5 Å². The first kappa shape index (κ1) is 24.3. The summed E-state index contributed by atoms with van der Waals surface area (Å²) in [7, 11) is 0. The number of amidine groups is 1. The van der Waals surface area contributed by atoms with Gasteiger partial charge in [0.2, 0.25) is 5.91 Å². The molecule has 0 unspecified atom stereocenters. The van der Waals surface area contributed by atoms with Gasteiger partial charge in [0.25, 0.3) is 0 Å². The quantitative estimate of drug-likeness (QED) is 0.345. The highest BCUT2D eigenvalue weighted by Crippen LogP contribution is 2.27. The smallest absolute Gasteiger partial charge is 0.345 e. The maximum atomic E-state index is 13.4. The van der Waals surface area contributed by atoms with Crippen molar-refractivity contribution in [2.75, 3.05) is 31.5 Å². The summed E-state index contributed by atoms with van der Waals surface area (Å²) in [5.74, 6) is -1.04. The Morgan fingerprint density at radius 1 is 1.18 bits per heavy atom. The van der Waals surface area contributed by atoms with E-state index in [1.165, 1.54) is 31.2 Å². The average Bonchev–Trinajstić information content (AvgIpc) is 3.27. The van der Waals surface area contributed by atoms with Crippen LogP contribution in [0.3, 0.4) is 0 Å². The lowest BCUT2D eigenvalue weighted by atomic mass is 10.1. The number of anilines is 1. The van der Waals surface area contributed by atoms with Gasteiger partial charge in [0.1, 0.15) is 16.5 Å². The van der Waals surface area contributed by atoms with Crippen molar-refractivity contribution in [2.24, 2.45) is 0 Å². The van der Waals surface area contributed by atoms with Gasteiger partial charge in [-0.05, 0) is 30.3 Å². The van der Waals surface area contributed by atoms with E-state index in [-0.39, 0.29) is 21.6 Å². The minimum Gasteiger partial charge on any atom is -0.477 e. The van der Waals surface area contributed by atoms with E-state index in [0.717, 1.165) is 11.3 Å². The first-order chi connectivity index (χ1) is 15.7. The van der Waals surface area contributed by atoms with E-state index in [9.17, 15) is 19.1 Å². The second-order valence-corrected chi connectivity index (χ2v) is 8.74. The zero-order chi connectivity index (χ0) is 24.1. The average molecular weight is 492 g/mol. The van der Waals surface area contributed by atoms with Crippen LogP contribution in [0.5, 0.6) is 0 Å². The van der Waals surface area contributed by atoms with Crippen molar-refractivity contribution in [1.29, 1.82) is 5.41 Å². The lowest BCUT2D eigenvalue weighted by Crippen LogP contribution is -2.50. The molecule has 0 aliphatic carbocycles. The summed E-state index contributed by atoms with van der Waals surface area (Å²) in [6.07, 6.45) is 1.57. The standard InChI is InChI=1S/C22H23ClFN5O3S/c1-13(27-15-3-4-18(24)17(23)11-15)26-12-16(19-5-6-20(33-19)22(31)32)21(25)29-9-7-28(8-10-29)14(2)30/h3-6,11-12,25-27H,1,7-10H2,2H3,(H,31,32). The summed E-state index contributed by atoms with van der Waals surface area (Å²) in [4.78, 5) is 27.2. The number of carbonyl (C=O) groups is 2. The van der Waals surface area contributed by atoms with Gasteiger partial charge in [-0.15, -0.1) is 11.3 Å². The molecule has 1 amide bonds. The van der Waals surface area contributed by atoms with E-state index >= 15 is 0 Å². The molecule has 1 aromatic carbocycles. The monoisotopic (exact) mass is 491 g/mol. The summed E-state index contributed by atoms with van der Waals surface area (Å²) < 4.78 is 13.4. The highest BCUT2D eigenvalue weighted by molar-refractivity contribution is 7.15. The second-order valence-electron chi connectivity index (χ2n) is 7.25. The molecule has 11 heteroatoms. The number of rotatable bonds is 7. The molecule has 1 saturated heterocycles. The Hall–Kier alpha value is -3.37. The van der Waals surface area contributed by atoms with E-state index in [4.69, 9.17) is 17.0 Å². The molecule has 0 spiro atoms. The number of aromatic carboxylic acids is 1. The molecule has 0 radical (unpaired) electrons. The van der Waals surface area contributed by atoms with Crippen LogP contribution in [0.4, 0.5) is 10.1 Å². The number of hydrogen-bond acceptors (Lipinski definition) is 6. The fourth-order valence-electron chi connectivity index (χ4n) is 3.21. The summed E-state index contributed by atoms with van der Waals surface area (Å²) in [5, 5.41) is 23.9.